The Morgan fingerprint density at radius 1 is 1.46 bits per heavy atom. The summed E-state index contributed by atoms with van der Waals surface area (Å²) in [5, 5.41) is 8.82. The van der Waals surface area contributed by atoms with Crippen LogP contribution in [0, 0.1) is 5.82 Å². The summed E-state index contributed by atoms with van der Waals surface area (Å²) in [7, 11) is 0. The minimum atomic E-state index is -0.953. The van der Waals surface area contributed by atoms with E-state index in [0.717, 1.165) is 6.07 Å². The zero-order valence-corrected chi connectivity index (χ0v) is 7.52. The summed E-state index contributed by atoms with van der Waals surface area (Å²) in [4.78, 5) is 0. The summed E-state index contributed by atoms with van der Waals surface area (Å²) in [6, 6.07) is 2.50. The third-order valence-corrected chi connectivity index (χ3v) is 1.55. The molecular weight excluding hydrogens is 200 g/mol. The Hall–Kier alpha value is -0.870. The molecule has 0 aliphatic carbocycles. The van der Waals surface area contributed by atoms with Crippen LogP contribution in [0.4, 0.5) is 8.78 Å². The Bertz CT molecular complexity index is 283. The summed E-state index contributed by atoms with van der Waals surface area (Å²) in [5.74, 6) is -0.873. The number of rotatable bonds is 2. The molecule has 0 aliphatic rings. The molecule has 74 valence electrons. The largest absolute Gasteiger partial charge is 0.508 e. The van der Waals surface area contributed by atoms with Crippen LogP contribution in [0.1, 0.15) is 11.6 Å². The van der Waals surface area contributed by atoms with Crippen LogP contribution in [-0.2, 0) is 0 Å². The first kappa shape index (κ1) is 12.1. The third kappa shape index (κ3) is 2.82. The highest BCUT2D eigenvalue weighted by Gasteiger charge is 2.10. The van der Waals surface area contributed by atoms with Gasteiger partial charge in [0.1, 0.15) is 18.2 Å². The fourth-order valence-corrected chi connectivity index (χ4v) is 0.900. The van der Waals surface area contributed by atoms with Gasteiger partial charge in [0.15, 0.2) is 0 Å². The predicted octanol–water partition coefficient (Wildman–Crippen LogP) is 1.92. The molecule has 0 fully saturated rings. The molecule has 0 heterocycles. The highest BCUT2D eigenvalue weighted by atomic mass is 35.5. The van der Waals surface area contributed by atoms with Crippen LogP contribution in [0.3, 0.4) is 0 Å². The summed E-state index contributed by atoms with van der Waals surface area (Å²) in [6.45, 7) is -0.818. The minimum absolute atomic E-state index is 0. The molecule has 2 nitrogen and oxygen atoms in total. The zero-order valence-electron chi connectivity index (χ0n) is 6.71. The van der Waals surface area contributed by atoms with Crippen molar-refractivity contribution in [2.24, 2.45) is 5.73 Å². The van der Waals surface area contributed by atoms with Gasteiger partial charge in [-0.2, -0.15) is 0 Å². The lowest BCUT2D eigenvalue weighted by Crippen LogP contribution is -2.13. The summed E-state index contributed by atoms with van der Waals surface area (Å²) >= 11 is 0. The number of hydrogen-bond acceptors (Lipinski definition) is 2. The molecule has 1 rings (SSSR count). The maximum absolute atomic E-state index is 12.9. The Morgan fingerprint density at radius 2 is 2.08 bits per heavy atom. The van der Waals surface area contributed by atoms with Gasteiger partial charge in [0.05, 0.1) is 6.04 Å². The molecule has 0 saturated carbocycles. The van der Waals surface area contributed by atoms with Gasteiger partial charge in [-0.05, 0) is 6.07 Å². The Labute approximate surface area is 80.8 Å². The van der Waals surface area contributed by atoms with Gasteiger partial charge in [0, 0.05) is 11.6 Å². The number of hydrogen-bond donors (Lipinski definition) is 2. The van der Waals surface area contributed by atoms with E-state index in [9.17, 15) is 8.78 Å². The van der Waals surface area contributed by atoms with Crippen molar-refractivity contribution < 1.29 is 13.9 Å². The molecule has 0 bridgehead atoms. The van der Waals surface area contributed by atoms with Crippen molar-refractivity contribution >= 4 is 12.4 Å². The quantitative estimate of drug-likeness (QED) is 0.782. The number of benzene rings is 1. The fraction of sp³-hybridized carbons (Fsp3) is 0.250. The maximum Gasteiger partial charge on any atom is 0.131 e. The molecule has 1 aromatic rings. The van der Waals surface area contributed by atoms with E-state index in [1.54, 1.807) is 0 Å². The van der Waals surface area contributed by atoms with Crippen molar-refractivity contribution in [3.63, 3.8) is 0 Å². The van der Waals surface area contributed by atoms with E-state index in [1.165, 1.54) is 12.1 Å². The van der Waals surface area contributed by atoms with Crippen molar-refractivity contribution in [1.82, 2.24) is 0 Å². The van der Waals surface area contributed by atoms with Gasteiger partial charge in [0.2, 0.25) is 0 Å². The Morgan fingerprint density at radius 3 is 2.54 bits per heavy atom. The van der Waals surface area contributed by atoms with Gasteiger partial charge in [-0.25, -0.2) is 8.78 Å². The van der Waals surface area contributed by atoms with E-state index in [2.05, 4.69) is 0 Å². The molecule has 0 unspecified atom stereocenters. The maximum atomic E-state index is 12.9. The van der Waals surface area contributed by atoms with Crippen LogP contribution < -0.4 is 5.73 Å². The second-order valence-corrected chi connectivity index (χ2v) is 2.47. The normalized spacial score (nSPS) is 11.9. The molecule has 0 radical (unpaired) electrons. The Balaban J connectivity index is 0.00000144. The number of nitrogens with two attached hydrogens (primary N) is 1. The third-order valence-electron chi connectivity index (χ3n) is 1.55. The van der Waals surface area contributed by atoms with Gasteiger partial charge in [-0.1, -0.05) is 6.07 Å². The van der Waals surface area contributed by atoms with E-state index < -0.39 is 18.5 Å². The van der Waals surface area contributed by atoms with Gasteiger partial charge < -0.3 is 10.8 Å². The zero-order chi connectivity index (χ0) is 9.14. The first-order valence-electron chi connectivity index (χ1n) is 3.45. The smallest absolute Gasteiger partial charge is 0.131 e. The first-order valence-corrected chi connectivity index (χ1v) is 3.45. The standard InChI is InChI=1S/C8H9F2NO.ClH/c9-4-8(11)6-2-1-5(12)3-7(6)10;/h1-3,8,12H,4,11H2;1H/t8-;/m0./s1. The van der Waals surface area contributed by atoms with Gasteiger partial charge in [-0.3, -0.25) is 0 Å². The molecular formula is C8H10ClF2NO. The van der Waals surface area contributed by atoms with Crippen LogP contribution in [0.2, 0.25) is 0 Å². The molecule has 0 aromatic heterocycles. The minimum Gasteiger partial charge on any atom is -0.508 e. The van der Waals surface area contributed by atoms with Gasteiger partial charge in [0.25, 0.3) is 0 Å². The number of phenols is 1. The van der Waals surface area contributed by atoms with E-state index >= 15 is 0 Å². The van der Waals surface area contributed by atoms with E-state index in [4.69, 9.17) is 10.8 Å². The monoisotopic (exact) mass is 209 g/mol. The van der Waals surface area contributed by atoms with Crippen molar-refractivity contribution in [2.75, 3.05) is 6.67 Å². The van der Waals surface area contributed by atoms with Crippen LogP contribution in [0.15, 0.2) is 18.2 Å². The first-order chi connectivity index (χ1) is 5.65. The van der Waals surface area contributed by atoms with Gasteiger partial charge in [-0.15, -0.1) is 12.4 Å². The molecule has 1 atom stereocenters. The molecule has 1 aromatic carbocycles. The van der Waals surface area contributed by atoms with Crippen molar-refractivity contribution in [1.29, 1.82) is 0 Å². The molecule has 0 amide bonds. The lowest BCUT2D eigenvalue weighted by atomic mass is 10.1. The summed E-state index contributed by atoms with van der Waals surface area (Å²) in [5.41, 5.74) is 5.33. The van der Waals surface area contributed by atoms with E-state index in [-0.39, 0.29) is 23.7 Å². The number of halogens is 3. The average molecular weight is 210 g/mol. The number of aromatic hydroxyl groups is 1. The van der Waals surface area contributed by atoms with Gasteiger partial charge >= 0.3 is 0 Å². The second-order valence-electron chi connectivity index (χ2n) is 2.47. The molecule has 0 spiro atoms. The topological polar surface area (TPSA) is 46.2 Å². The number of phenolic OH excluding ortho intramolecular Hbond substituents is 1. The summed E-state index contributed by atoms with van der Waals surface area (Å²) in [6.07, 6.45) is 0. The SMILES string of the molecule is Cl.N[C@@H](CF)c1ccc(O)cc1F. The summed E-state index contributed by atoms with van der Waals surface area (Å²) < 4.78 is 24.9. The molecule has 0 aliphatic heterocycles. The Kier molecular flexibility index (Phi) is 4.66. The van der Waals surface area contributed by atoms with E-state index in [0.29, 0.717) is 0 Å². The van der Waals surface area contributed by atoms with Crippen LogP contribution >= 0.6 is 12.4 Å². The molecule has 13 heavy (non-hydrogen) atoms. The highest BCUT2D eigenvalue weighted by molar-refractivity contribution is 5.85. The predicted molar refractivity (Wildman–Crippen MR) is 48.2 cm³/mol. The van der Waals surface area contributed by atoms with Crippen molar-refractivity contribution in [3.05, 3.63) is 29.6 Å². The van der Waals surface area contributed by atoms with Crippen molar-refractivity contribution in [3.8, 4) is 5.75 Å². The van der Waals surface area contributed by atoms with E-state index in [1.807, 2.05) is 0 Å². The van der Waals surface area contributed by atoms with Crippen LogP contribution in [0.5, 0.6) is 5.75 Å². The highest BCUT2D eigenvalue weighted by Crippen LogP contribution is 2.19. The second kappa shape index (κ2) is 4.99. The van der Waals surface area contributed by atoms with Crippen LogP contribution in [0.25, 0.3) is 0 Å². The lowest BCUT2D eigenvalue weighted by Gasteiger charge is -2.08. The van der Waals surface area contributed by atoms with Crippen molar-refractivity contribution in [2.45, 2.75) is 6.04 Å². The molecule has 0 saturated heterocycles. The van der Waals surface area contributed by atoms with Crippen LogP contribution in [-0.4, -0.2) is 11.8 Å². The lowest BCUT2D eigenvalue weighted by molar-refractivity contribution is 0.423. The molecule has 3 N–H and O–H groups in total. The average Bonchev–Trinajstić information content (AvgIpc) is 2.03. The molecule has 5 heteroatoms. The fourth-order valence-electron chi connectivity index (χ4n) is 0.900. The number of alkyl halides is 1.